The minimum absolute atomic E-state index is 0.0160. The molecular weight excluding hydrogens is 248 g/mol. The molecule has 0 aliphatic heterocycles. The van der Waals surface area contributed by atoms with Crippen molar-refractivity contribution in [3.63, 3.8) is 0 Å². The van der Waals surface area contributed by atoms with Crippen molar-refractivity contribution in [2.24, 2.45) is 5.41 Å². The number of anilines is 1. The molecule has 1 aromatic heterocycles. The molecule has 0 bridgehead atoms. The molecule has 1 rings (SSSR count). The molecule has 0 aliphatic rings. The molecule has 1 heterocycles. The third kappa shape index (κ3) is 5.49. The first-order valence-corrected chi connectivity index (χ1v) is 6.90. The zero-order valence-corrected chi connectivity index (χ0v) is 12.5. The fraction of sp³-hybridized carbons (Fsp3) is 0.692. The van der Waals surface area contributed by atoms with Crippen LogP contribution in [0.3, 0.4) is 0 Å². The van der Waals surface area contributed by atoms with E-state index in [9.17, 15) is 4.79 Å². The first-order chi connectivity index (χ1) is 8.07. The fourth-order valence-corrected chi connectivity index (χ4v) is 3.15. The summed E-state index contributed by atoms with van der Waals surface area (Å²) in [6, 6.07) is 0. The molecule has 0 amide bonds. The lowest BCUT2D eigenvalue weighted by Crippen LogP contribution is -2.35. The zero-order valence-electron chi connectivity index (χ0n) is 11.7. The van der Waals surface area contributed by atoms with Crippen LogP contribution in [0.15, 0.2) is 5.38 Å². The molecule has 1 aromatic rings. The molecule has 0 unspecified atom stereocenters. The first-order valence-electron chi connectivity index (χ1n) is 6.02. The SMILES string of the molecule is CC(C)(C)CC(C)(C)Nc1nc(CC(=O)O)cs1. The molecule has 0 saturated heterocycles. The molecule has 0 spiro atoms. The summed E-state index contributed by atoms with van der Waals surface area (Å²) in [5.41, 5.74) is 0.787. The summed E-state index contributed by atoms with van der Waals surface area (Å²) in [4.78, 5) is 14.9. The second kappa shape index (κ2) is 5.26. The van der Waals surface area contributed by atoms with E-state index in [4.69, 9.17) is 5.11 Å². The topological polar surface area (TPSA) is 62.2 Å². The highest BCUT2D eigenvalue weighted by atomic mass is 32.1. The van der Waals surface area contributed by atoms with E-state index in [2.05, 4.69) is 44.9 Å². The largest absolute Gasteiger partial charge is 0.481 e. The van der Waals surface area contributed by atoms with Crippen molar-refractivity contribution >= 4 is 22.4 Å². The molecule has 4 nitrogen and oxygen atoms in total. The van der Waals surface area contributed by atoms with Gasteiger partial charge in [0, 0.05) is 10.9 Å². The number of nitrogens with one attached hydrogen (secondary N) is 1. The Bertz CT molecular complexity index is 419. The van der Waals surface area contributed by atoms with Crippen LogP contribution in [0, 0.1) is 5.41 Å². The summed E-state index contributed by atoms with van der Waals surface area (Å²) >= 11 is 1.46. The van der Waals surface area contributed by atoms with E-state index in [0.29, 0.717) is 5.69 Å². The van der Waals surface area contributed by atoms with Crippen molar-refractivity contribution in [1.29, 1.82) is 0 Å². The van der Waals surface area contributed by atoms with E-state index in [0.717, 1.165) is 11.6 Å². The number of aromatic nitrogens is 1. The quantitative estimate of drug-likeness (QED) is 0.861. The Hall–Kier alpha value is -1.10. The van der Waals surface area contributed by atoms with Gasteiger partial charge in [0.2, 0.25) is 0 Å². The lowest BCUT2D eigenvalue weighted by molar-refractivity contribution is -0.136. The normalized spacial score (nSPS) is 12.5. The second-order valence-electron chi connectivity index (χ2n) is 6.46. The van der Waals surface area contributed by atoms with E-state index < -0.39 is 5.97 Å². The number of hydrogen-bond donors (Lipinski definition) is 2. The van der Waals surface area contributed by atoms with Crippen molar-refractivity contribution in [3.8, 4) is 0 Å². The maximum Gasteiger partial charge on any atom is 0.309 e. The van der Waals surface area contributed by atoms with Crippen LogP contribution in [0.5, 0.6) is 0 Å². The molecule has 2 N–H and O–H groups in total. The maximum atomic E-state index is 10.6. The molecule has 0 saturated carbocycles. The molecule has 102 valence electrons. The van der Waals surface area contributed by atoms with Crippen LogP contribution in [0.25, 0.3) is 0 Å². The first kappa shape index (κ1) is 15.0. The van der Waals surface area contributed by atoms with E-state index in [1.807, 2.05) is 0 Å². The van der Waals surface area contributed by atoms with Crippen molar-refractivity contribution in [1.82, 2.24) is 4.98 Å². The van der Waals surface area contributed by atoms with Crippen LogP contribution >= 0.6 is 11.3 Å². The Balaban J connectivity index is 2.66. The van der Waals surface area contributed by atoms with Gasteiger partial charge < -0.3 is 10.4 Å². The number of nitrogens with zero attached hydrogens (tertiary/aromatic N) is 1. The van der Waals surface area contributed by atoms with Gasteiger partial charge in [-0.25, -0.2) is 4.98 Å². The minimum Gasteiger partial charge on any atom is -0.481 e. The maximum absolute atomic E-state index is 10.6. The van der Waals surface area contributed by atoms with Gasteiger partial charge in [0.1, 0.15) is 0 Å². The number of carbonyl (C=O) groups is 1. The third-order valence-electron chi connectivity index (χ3n) is 2.30. The second-order valence-corrected chi connectivity index (χ2v) is 7.32. The van der Waals surface area contributed by atoms with E-state index in [1.54, 1.807) is 5.38 Å². The molecule has 0 atom stereocenters. The Kier molecular flexibility index (Phi) is 4.37. The fourth-order valence-electron chi connectivity index (χ4n) is 2.26. The summed E-state index contributed by atoms with van der Waals surface area (Å²) in [5.74, 6) is -0.846. The molecule has 0 fully saturated rings. The van der Waals surface area contributed by atoms with E-state index >= 15 is 0 Å². The molecule has 5 heteroatoms. The van der Waals surface area contributed by atoms with Gasteiger partial charge in [0.05, 0.1) is 12.1 Å². The predicted molar refractivity (Wildman–Crippen MR) is 75.2 cm³/mol. The summed E-state index contributed by atoms with van der Waals surface area (Å²) in [6.45, 7) is 10.9. The Morgan fingerprint density at radius 1 is 1.39 bits per heavy atom. The van der Waals surface area contributed by atoms with Gasteiger partial charge in [0.25, 0.3) is 0 Å². The van der Waals surface area contributed by atoms with Gasteiger partial charge in [0.15, 0.2) is 5.13 Å². The van der Waals surface area contributed by atoms with Crippen molar-refractivity contribution < 1.29 is 9.90 Å². The summed E-state index contributed by atoms with van der Waals surface area (Å²) < 4.78 is 0. The average molecular weight is 270 g/mol. The Morgan fingerprint density at radius 3 is 2.50 bits per heavy atom. The van der Waals surface area contributed by atoms with E-state index in [-0.39, 0.29) is 17.4 Å². The standard InChI is InChI=1S/C13H22N2O2S/c1-12(2,3)8-13(4,5)15-11-14-9(7-18-11)6-10(16)17/h7H,6,8H2,1-5H3,(H,14,15)(H,16,17). The van der Waals surface area contributed by atoms with Crippen molar-refractivity contribution in [3.05, 3.63) is 11.1 Å². The van der Waals surface area contributed by atoms with Crippen LogP contribution in [0.4, 0.5) is 5.13 Å². The van der Waals surface area contributed by atoms with Crippen LogP contribution in [0.2, 0.25) is 0 Å². The monoisotopic (exact) mass is 270 g/mol. The van der Waals surface area contributed by atoms with Crippen molar-refractivity contribution in [2.45, 2.75) is 53.0 Å². The number of rotatable bonds is 5. The zero-order chi connectivity index (χ0) is 14.0. The molecule has 0 aromatic carbocycles. The highest BCUT2D eigenvalue weighted by molar-refractivity contribution is 7.13. The van der Waals surface area contributed by atoms with Gasteiger partial charge in [-0.15, -0.1) is 11.3 Å². The number of hydrogen-bond acceptors (Lipinski definition) is 4. The lowest BCUT2D eigenvalue weighted by Gasteiger charge is -2.33. The van der Waals surface area contributed by atoms with Crippen LogP contribution in [-0.2, 0) is 11.2 Å². The smallest absolute Gasteiger partial charge is 0.309 e. The van der Waals surface area contributed by atoms with Crippen LogP contribution in [0.1, 0.15) is 46.7 Å². The molecule has 0 radical (unpaired) electrons. The van der Waals surface area contributed by atoms with Gasteiger partial charge >= 0.3 is 5.97 Å². The average Bonchev–Trinajstić information content (AvgIpc) is 2.44. The highest BCUT2D eigenvalue weighted by Crippen LogP contribution is 2.30. The van der Waals surface area contributed by atoms with E-state index in [1.165, 1.54) is 11.3 Å². The summed E-state index contributed by atoms with van der Waals surface area (Å²) in [6.07, 6.45) is 0.992. The predicted octanol–water partition coefficient (Wildman–Crippen LogP) is 3.40. The van der Waals surface area contributed by atoms with Gasteiger partial charge in [-0.2, -0.15) is 0 Å². The van der Waals surface area contributed by atoms with Crippen LogP contribution < -0.4 is 5.32 Å². The number of carboxylic acids is 1. The van der Waals surface area contributed by atoms with Gasteiger partial charge in [-0.05, 0) is 25.7 Å². The van der Waals surface area contributed by atoms with Gasteiger partial charge in [-0.1, -0.05) is 20.8 Å². The molecular formula is C13H22N2O2S. The highest BCUT2D eigenvalue weighted by Gasteiger charge is 2.26. The number of thiazole rings is 1. The van der Waals surface area contributed by atoms with Crippen LogP contribution in [-0.4, -0.2) is 21.6 Å². The van der Waals surface area contributed by atoms with Gasteiger partial charge in [-0.3, -0.25) is 4.79 Å². The Morgan fingerprint density at radius 2 is 2.00 bits per heavy atom. The minimum atomic E-state index is -0.846. The summed E-state index contributed by atoms with van der Waals surface area (Å²) in [7, 11) is 0. The third-order valence-corrected chi connectivity index (χ3v) is 3.11. The number of carboxylic acid groups (broad SMARTS) is 1. The summed E-state index contributed by atoms with van der Waals surface area (Å²) in [5, 5.41) is 14.7. The molecule has 0 aliphatic carbocycles. The lowest BCUT2D eigenvalue weighted by atomic mass is 9.82. The molecule has 18 heavy (non-hydrogen) atoms. The Labute approximate surface area is 112 Å². The number of aliphatic carboxylic acids is 1. The van der Waals surface area contributed by atoms with Crippen molar-refractivity contribution in [2.75, 3.05) is 5.32 Å².